The molecule has 1 fully saturated rings. The molecule has 3 aromatic carbocycles. The Morgan fingerprint density at radius 2 is 1.69 bits per heavy atom. The van der Waals surface area contributed by atoms with Gasteiger partial charge in [-0.1, -0.05) is 36.4 Å². The second-order valence-corrected chi connectivity index (χ2v) is 11.2. The predicted molar refractivity (Wildman–Crippen MR) is 143 cm³/mol. The molecule has 0 N–H and O–H groups in total. The summed E-state index contributed by atoms with van der Waals surface area (Å²) in [4.78, 5) is 26.9. The van der Waals surface area contributed by atoms with Crippen LogP contribution < -0.4 is 8.92 Å². The fourth-order valence-corrected chi connectivity index (χ4v) is 5.42. The summed E-state index contributed by atoms with van der Waals surface area (Å²) < 4.78 is 37.2. The summed E-state index contributed by atoms with van der Waals surface area (Å²) in [6.45, 7) is 2.23. The highest BCUT2D eigenvalue weighted by Gasteiger charge is 2.35. The van der Waals surface area contributed by atoms with Crippen LogP contribution in [0.3, 0.4) is 0 Å². The molecule has 35 heavy (non-hydrogen) atoms. The first-order valence-electron chi connectivity index (χ1n) is 10.5. The van der Waals surface area contributed by atoms with Gasteiger partial charge in [-0.15, -0.1) is 0 Å². The molecule has 180 valence electrons. The van der Waals surface area contributed by atoms with Crippen molar-refractivity contribution in [3.63, 3.8) is 0 Å². The molecule has 0 aliphatic carbocycles. The Balaban J connectivity index is 1.56. The van der Waals surface area contributed by atoms with Crippen LogP contribution in [-0.2, 0) is 21.5 Å². The van der Waals surface area contributed by atoms with Crippen LogP contribution in [0.15, 0.2) is 82.6 Å². The van der Waals surface area contributed by atoms with E-state index in [0.29, 0.717) is 5.56 Å². The lowest BCUT2D eigenvalue weighted by molar-refractivity contribution is -0.123. The molecule has 0 aromatic heterocycles. The van der Waals surface area contributed by atoms with Crippen LogP contribution >= 0.6 is 34.4 Å². The van der Waals surface area contributed by atoms with E-state index < -0.39 is 10.1 Å². The monoisotopic (exact) mass is 621 g/mol. The maximum atomic E-state index is 12.9. The van der Waals surface area contributed by atoms with Crippen LogP contribution in [0.5, 0.6) is 11.5 Å². The number of nitrogens with zero attached hydrogens (tertiary/aromatic N) is 1. The molecule has 0 saturated carbocycles. The molecular formula is C25H20INO6S2. The third kappa shape index (κ3) is 6.06. The van der Waals surface area contributed by atoms with Gasteiger partial charge in [0.15, 0.2) is 11.5 Å². The molecule has 1 saturated heterocycles. The average molecular weight is 621 g/mol. The van der Waals surface area contributed by atoms with Crippen molar-refractivity contribution >= 4 is 61.7 Å². The van der Waals surface area contributed by atoms with Crippen molar-refractivity contribution < 1.29 is 26.9 Å². The van der Waals surface area contributed by atoms with Gasteiger partial charge in [0, 0.05) is 3.57 Å². The van der Waals surface area contributed by atoms with Gasteiger partial charge in [-0.3, -0.25) is 14.5 Å². The number of amides is 2. The van der Waals surface area contributed by atoms with Gasteiger partial charge in [-0.05, 0) is 94.9 Å². The molecule has 10 heteroatoms. The Hall–Kier alpha value is -2.83. The zero-order chi connectivity index (χ0) is 25.0. The van der Waals surface area contributed by atoms with Gasteiger partial charge in [0.25, 0.3) is 11.1 Å². The molecule has 3 aromatic rings. The van der Waals surface area contributed by atoms with E-state index in [1.807, 2.05) is 24.3 Å². The lowest BCUT2D eigenvalue weighted by Crippen LogP contribution is -2.27. The van der Waals surface area contributed by atoms with Gasteiger partial charge in [0.1, 0.15) is 4.90 Å². The number of imide groups is 1. The van der Waals surface area contributed by atoms with Gasteiger partial charge in [-0.2, -0.15) is 8.42 Å². The molecule has 1 heterocycles. The van der Waals surface area contributed by atoms with Crippen LogP contribution in [0, 0.1) is 3.57 Å². The van der Waals surface area contributed by atoms with Crippen molar-refractivity contribution in [2.24, 2.45) is 0 Å². The Bertz CT molecular complexity index is 1390. The van der Waals surface area contributed by atoms with E-state index in [2.05, 4.69) is 22.6 Å². The zero-order valence-corrected chi connectivity index (χ0v) is 22.3. The number of hydrogen-bond acceptors (Lipinski definition) is 7. The molecule has 1 aliphatic heterocycles. The van der Waals surface area contributed by atoms with E-state index in [9.17, 15) is 18.0 Å². The van der Waals surface area contributed by atoms with Gasteiger partial charge >= 0.3 is 10.1 Å². The summed E-state index contributed by atoms with van der Waals surface area (Å²) in [5.41, 5.74) is 1.42. The van der Waals surface area contributed by atoms with Crippen LogP contribution in [0.2, 0.25) is 0 Å². The minimum Gasteiger partial charge on any atom is -0.490 e. The van der Waals surface area contributed by atoms with Crippen molar-refractivity contribution in [3.8, 4) is 11.5 Å². The van der Waals surface area contributed by atoms with Gasteiger partial charge in [-0.25, -0.2) is 0 Å². The van der Waals surface area contributed by atoms with Crippen molar-refractivity contribution in [1.29, 1.82) is 0 Å². The largest absolute Gasteiger partial charge is 0.490 e. The summed E-state index contributed by atoms with van der Waals surface area (Å²) in [5, 5.41) is -0.348. The topological polar surface area (TPSA) is 90.0 Å². The number of ether oxygens (including phenoxy) is 1. The number of benzene rings is 3. The third-order valence-electron chi connectivity index (χ3n) is 4.92. The standard InChI is InChI=1S/C25H20INO6S2/c1-2-32-22-14-18(10-13-21(22)33-35(30,31)20-6-4-3-5-7-20)15-23-24(28)27(25(29)34-23)16-17-8-11-19(26)12-9-17/h3-15H,2,16H2,1H3/b23-15-. The van der Waals surface area contributed by atoms with Crippen molar-refractivity contribution in [3.05, 3.63) is 92.4 Å². The molecule has 4 rings (SSSR count). The summed E-state index contributed by atoms with van der Waals surface area (Å²) >= 11 is 3.05. The Morgan fingerprint density at radius 1 is 0.971 bits per heavy atom. The number of carbonyl (C=O) groups is 2. The highest BCUT2D eigenvalue weighted by molar-refractivity contribution is 14.1. The second-order valence-electron chi connectivity index (χ2n) is 7.38. The minimum absolute atomic E-state index is 0.0216. The highest BCUT2D eigenvalue weighted by atomic mass is 127. The summed E-state index contributed by atoms with van der Waals surface area (Å²) in [6, 6.07) is 20.0. The zero-order valence-electron chi connectivity index (χ0n) is 18.5. The van der Waals surface area contributed by atoms with Crippen molar-refractivity contribution in [2.45, 2.75) is 18.4 Å². The van der Waals surface area contributed by atoms with Gasteiger partial charge in [0.2, 0.25) is 0 Å². The Morgan fingerprint density at radius 3 is 2.37 bits per heavy atom. The molecule has 0 bridgehead atoms. The molecule has 1 aliphatic rings. The average Bonchev–Trinajstić information content (AvgIpc) is 3.10. The second kappa shape index (κ2) is 10.8. The molecular weight excluding hydrogens is 601 g/mol. The normalized spacial score (nSPS) is 15.0. The molecule has 0 atom stereocenters. The molecule has 0 radical (unpaired) electrons. The number of carbonyl (C=O) groups excluding carboxylic acids is 2. The van der Waals surface area contributed by atoms with E-state index >= 15 is 0 Å². The van der Waals surface area contributed by atoms with Crippen molar-refractivity contribution in [1.82, 2.24) is 4.90 Å². The summed E-state index contributed by atoms with van der Waals surface area (Å²) in [5.74, 6) is -0.151. The first-order chi connectivity index (χ1) is 16.8. The van der Waals surface area contributed by atoms with Crippen LogP contribution in [0.25, 0.3) is 6.08 Å². The smallest absolute Gasteiger partial charge is 0.339 e. The quantitative estimate of drug-likeness (QED) is 0.181. The highest BCUT2D eigenvalue weighted by Crippen LogP contribution is 2.36. The van der Waals surface area contributed by atoms with Crippen LogP contribution in [0.4, 0.5) is 4.79 Å². The summed E-state index contributed by atoms with van der Waals surface area (Å²) in [6.07, 6.45) is 1.58. The number of hydrogen-bond donors (Lipinski definition) is 0. The van der Waals surface area contributed by atoms with E-state index in [1.54, 1.807) is 43.3 Å². The fraction of sp³-hybridized carbons (Fsp3) is 0.120. The van der Waals surface area contributed by atoms with E-state index in [1.165, 1.54) is 23.1 Å². The number of thioether (sulfide) groups is 1. The first kappa shape index (κ1) is 25.3. The Kier molecular flexibility index (Phi) is 7.82. The maximum Gasteiger partial charge on any atom is 0.339 e. The van der Waals surface area contributed by atoms with E-state index in [0.717, 1.165) is 20.9 Å². The third-order valence-corrected chi connectivity index (χ3v) is 7.80. The lowest BCUT2D eigenvalue weighted by atomic mass is 10.1. The Labute approximate surface area is 221 Å². The lowest BCUT2D eigenvalue weighted by Gasteiger charge is -2.13. The number of rotatable bonds is 8. The predicted octanol–water partition coefficient (Wildman–Crippen LogP) is 5.69. The van der Waals surface area contributed by atoms with Gasteiger partial charge in [0.05, 0.1) is 18.1 Å². The minimum atomic E-state index is -4.05. The first-order valence-corrected chi connectivity index (χ1v) is 13.8. The SMILES string of the molecule is CCOc1cc(/C=C2\SC(=O)N(Cc3ccc(I)cc3)C2=O)ccc1OS(=O)(=O)c1ccccc1. The maximum absolute atomic E-state index is 12.9. The van der Waals surface area contributed by atoms with Crippen LogP contribution in [-0.4, -0.2) is 31.1 Å². The molecule has 0 unspecified atom stereocenters. The molecule has 7 nitrogen and oxygen atoms in total. The fourth-order valence-electron chi connectivity index (χ4n) is 3.27. The van der Waals surface area contributed by atoms with E-state index in [4.69, 9.17) is 8.92 Å². The summed E-state index contributed by atoms with van der Waals surface area (Å²) in [7, 11) is -4.05. The van der Waals surface area contributed by atoms with Crippen LogP contribution in [0.1, 0.15) is 18.1 Å². The molecule has 0 spiro atoms. The number of halogens is 1. The van der Waals surface area contributed by atoms with Gasteiger partial charge < -0.3 is 8.92 Å². The molecule has 2 amide bonds. The van der Waals surface area contributed by atoms with E-state index in [-0.39, 0.29) is 45.6 Å². The van der Waals surface area contributed by atoms with Crippen molar-refractivity contribution in [2.75, 3.05) is 6.61 Å².